The molecule has 98 valence electrons. The van der Waals surface area contributed by atoms with Crippen molar-refractivity contribution in [2.45, 2.75) is 0 Å². The van der Waals surface area contributed by atoms with E-state index < -0.39 is 19.1 Å². The average molecular weight is 358 g/mol. The fourth-order valence-corrected chi connectivity index (χ4v) is 12.0. The standard InChI is InChI=1S/3C6H5.ClH.Zr/c3*1-2-4-6-5-3-1;;/h3*1-5H;1H;/q;;;;+1/p-1. The van der Waals surface area contributed by atoms with E-state index in [1.807, 2.05) is 18.2 Å². The van der Waals surface area contributed by atoms with Crippen molar-refractivity contribution in [3.63, 3.8) is 0 Å². The summed E-state index contributed by atoms with van der Waals surface area (Å²) in [6.45, 7) is 0. The van der Waals surface area contributed by atoms with Crippen LogP contribution in [0, 0.1) is 0 Å². The molecule has 0 aliphatic heterocycles. The van der Waals surface area contributed by atoms with Crippen molar-refractivity contribution in [2.24, 2.45) is 0 Å². The van der Waals surface area contributed by atoms with E-state index in [-0.39, 0.29) is 0 Å². The number of hydrogen-bond donors (Lipinski definition) is 0. The topological polar surface area (TPSA) is 0 Å². The van der Waals surface area contributed by atoms with Crippen LogP contribution in [-0.4, -0.2) is 0 Å². The van der Waals surface area contributed by atoms with E-state index in [1.54, 1.807) is 0 Å². The van der Waals surface area contributed by atoms with Crippen LogP contribution in [0.2, 0.25) is 0 Å². The molecular formula is C18H15ClZr. The van der Waals surface area contributed by atoms with Crippen LogP contribution in [-0.2, 0) is 19.1 Å². The molecule has 0 heterocycles. The van der Waals surface area contributed by atoms with Crippen LogP contribution >= 0.6 is 8.51 Å². The molecule has 0 amide bonds. The molecule has 2 heteroatoms. The molecule has 0 saturated carbocycles. The van der Waals surface area contributed by atoms with Crippen LogP contribution in [0.4, 0.5) is 0 Å². The molecule has 0 nitrogen and oxygen atoms in total. The van der Waals surface area contributed by atoms with Gasteiger partial charge in [-0.15, -0.1) is 0 Å². The molecule has 0 aliphatic rings. The molecule has 0 aliphatic carbocycles. The predicted octanol–water partition coefficient (Wildman–Crippen LogP) is 3.27. The maximum atomic E-state index is 7.33. The number of halogens is 1. The Kier molecular flexibility index (Phi) is 4.19. The van der Waals surface area contributed by atoms with Gasteiger partial charge in [-0.2, -0.15) is 0 Å². The van der Waals surface area contributed by atoms with Gasteiger partial charge in [0, 0.05) is 0 Å². The van der Waals surface area contributed by atoms with Gasteiger partial charge in [0.05, 0.1) is 0 Å². The van der Waals surface area contributed by atoms with Crippen LogP contribution in [0.5, 0.6) is 0 Å². The van der Waals surface area contributed by atoms with E-state index in [0.717, 1.165) is 0 Å². The molecule has 0 bridgehead atoms. The molecule has 0 N–H and O–H groups in total. The molecule has 0 atom stereocenters. The second-order valence-corrected chi connectivity index (χ2v) is 15.6. The Hall–Kier alpha value is -1.17. The molecule has 3 aromatic rings. The van der Waals surface area contributed by atoms with Crippen LogP contribution in [0.3, 0.4) is 0 Å². The third-order valence-electron chi connectivity index (χ3n) is 3.51. The first-order valence-corrected chi connectivity index (χ1v) is 13.5. The van der Waals surface area contributed by atoms with E-state index in [1.165, 1.54) is 9.81 Å². The van der Waals surface area contributed by atoms with E-state index in [9.17, 15) is 0 Å². The molecule has 3 rings (SSSR count). The molecule has 0 saturated heterocycles. The zero-order valence-electron chi connectivity index (χ0n) is 11.0. The molecular weight excluding hydrogens is 343 g/mol. The van der Waals surface area contributed by atoms with Crippen LogP contribution < -0.4 is 9.81 Å². The average Bonchev–Trinajstić information content (AvgIpc) is 2.56. The summed E-state index contributed by atoms with van der Waals surface area (Å²) in [5.41, 5.74) is 0. The first kappa shape index (κ1) is 13.8. The second-order valence-electron chi connectivity index (χ2n) is 4.76. The zero-order valence-corrected chi connectivity index (χ0v) is 14.3. The Morgan fingerprint density at radius 2 is 0.700 bits per heavy atom. The molecule has 0 radical (unpaired) electrons. The van der Waals surface area contributed by atoms with Gasteiger partial charge < -0.3 is 0 Å². The fourth-order valence-electron chi connectivity index (χ4n) is 2.50. The van der Waals surface area contributed by atoms with Gasteiger partial charge in [-0.1, -0.05) is 0 Å². The van der Waals surface area contributed by atoms with Gasteiger partial charge in [-0.3, -0.25) is 0 Å². The molecule has 0 aromatic heterocycles. The van der Waals surface area contributed by atoms with E-state index in [0.29, 0.717) is 0 Å². The van der Waals surface area contributed by atoms with Gasteiger partial charge in [0.2, 0.25) is 0 Å². The molecule has 0 fully saturated rings. The molecule has 0 unspecified atom stereocenters. The van der Waals surface area contributed by atoms with Gasteiger partial charge in [0.25, 0.3) is 0 Å². The Morgan fingerprint density at radius 1 is 0.450 bits per heavy atom. The third kappa shape index (κ3) is 2.53. The third-order valence-corrected chi connectivity index (χ3v) is 15.7. The summed E-state index contributed by atoms with van der Waals surface area (Å²) in [6, 6.07) is 31.6. The number of benzene rings is 3. The minimum absolute atomic E-state index is 1.29. The van der Waals surface area contributed by atoms with Gasteiger partial charge in [0.1, 0.15) is 0 Å². The van der Waals surface area contributed by atoms with Crippen molar-refractivity contribution in [3.05, 3.63) is 91.0 Å². The van der Waals surface area contributed by atoms with Gasteiger partial charge >= 0.3 is 128 Å². The van der Waals surface area contributed by atoms with Gasteiger partial charge in [-0.05, 0) is 0 Å². The minimum atomic E-state index is -3.30. The monoisotopic (exact) mass is 356 g/mol. The molecule has 0 spiro atoms. The first-order chi connectivity index (χ1) is 9.82. The van der Waals surface area contributed by atoms with Crippen molar-refractivity contribution in [3.8, 4) is 0 Å². The van der Waals surface area contributed by atoms with E-state index >= 15 is 0 Å². The van der Waals surface area contributed by atoms with Crippen LogP contribution in [0.25, 0.3) is 0 Å². The number of hydrogen-bond acceptors (Lipinski definition) is 0. The summed E-state index contributed by atoms with van der Waals surface area (Å²) in [5, 5.41) is 0. The fraction of sp³-hybridized carbons (Fsp3) is 0. The summed E-state index contributed by atoms with van der Waals surface area (Å²) in [4.78, 5) is 0. The van der Waals surface area contributed by atoms with Crippen LogP contribution in [0.1, 0.15) is 0 Å². The molecule has 3 aromatic carbocycles. The summed E-state index contributed by atoms with van der Waals surface area (Å²) in [6.07, 6.45) is 0. The quantitative estimate of drug-likeness (QED) is 0.675. The Bertz CT molecular complexity index is 569. The van der Waals surface area contributed by atoms with Crippen molar-refractivity contribution in [1.82, 2.24) is 0 Å². The van der Waals surface area contributed by atoms with Crippen molar-refractivity contribution >= 4 is 18.3 Å². The Balaban J connectivity index is 2.24. The normalized spacial score (nSPS) is 11.2. The summed E-state index contributed by atoms with van der Waals surface area (Å²) in [5.74, 6) is 0. The Labute approximate surface area is 128 Å². The first-order valence-electron chi connectivity index (χ1n) is 6.67. The second kappa shape index (κ2) is 6.08. The SMILES string of the molecule is [Cl][Zr]([c]1ccccc1)([c]1ccccc1)[c]1ccccc1. The summed E-state index contributed by atoms with van der Waals surface area (Å²) < 4.78 is 3.88. The number of rotatable bonds is 3. The van der Waals surface area contributed by atoms with Crippen LogP contribution in [0.15, 0.2) is 91.0 Å². The molecule has 20 heavy (non-hydrogen) atoms. The maximum absolute atomic E-state index is 7.33. The van der Waals surface area contributed by atoms with Gasteiger partial charge in [-0.25, -0.2) is 0 Å². The Morgan fingerprint density at radius 3 is 0.950 bits per heavy atom. The van der Waals surface area contributed by atoms with E-state index in [2.05, 4.69) is 72.8 Å². The van der Waals surface area contributed by atoms with Crippen molar-refractivity contribution in [1.29, 1.82) is 0 Å². The van der Waals surface area contributed by atoms with Gasteiger partial charge in [0.15, 0.2) is 0 Å². The summed E-state index contributed by atoms with van der Waals surface area (Å²) in [7, 11) is 7.33. The zero-order chi connectivity index (χ0) is 13.8. The van der Waals surface area contributed by atoms with Crippen molar-refractivity contribution in [2.75, 3.05) is 0 Å². The summed E-state index contributed by atoms with van der Waals surface area (Å²) >= 11 is -3.30. The van der Waals surface area contributed by atoms with E-state index in [4.69, 9.17) is 8.51 Å². The predicted molar refractivity (Wildman–Crippen MR) is 84.1 cm³/mol. The van der Waals surface area contributed by atoms with Crippen molar-refractivity contribution < 1.29 is 19.1 Å².